The van der Waals surface area contributed by atoms with Gasteiger partial charge in [-0.25, -0.2) is 18.1 Å². The molecule has 136 valence electrons. The first-order chi connectivity index (χ1) is 12.0. The highest BCUT2D eigenvalue weighted by atomic mass is 32.2. The van der Waals surface area contributed by atoms with Crippen LogP contribution >= 0.6 is 11.3 Å². The summed E-state index contributed by atoms with van der Waals surface area (Å²) in [6.07, 6.45) is 3.14. The van der Waals surface area contributed by atoms with Crippen molar-refractivity contribution in [2.45, 2.75) is 51.1 Å². The molecule has 0 spiro atoms. The van der Waals surface area contributed by atoms with Crippen molar-refractivity contribution in [1.29, 1.82) is 0 Å². The number of hydrogen-bond acceptors (Lipinski definition) is 5. The van der Waals surface area contributed by atoms with Crippen LogP contribution in [0.4, 0.5) is 0 Å². The van der Waals surface area contributed by atoms with E-state index in [0.717, 1.165) is 49.6 Å². The van der Waals surface area contributed by atoms with Crippen molar-refractivity contribution < 1.29 is 8.42 Å². The molecule has 1 aromatic carbocycles. The summed E-state index contributed by atoms with van der Waals surface area (Å²) in [6, 6.07) is 5.47. The number of nitrogens with one attached hydrogen (secondary N) is 1. The number of nitrogens with zero attached hydrogens (tertiary/aromatic N) is 2. The highest BCUT2D eigenvalue weighted by molar-refractivity contribution is 7.89. The van der Waals surface area contributed by atoms with Gasteiger partial charge in [0.05, 0.1) is 17.1 Å². The molecule has 0 unspecified atom stereocenters. The Morgan fingerprint density at radius 1 is 1.20 bits per heavy atom. The van der Waals surface area contributed by atoms with E-state index in [1.165, 1.54) is 22.5 Å². The number of fused-ring (bicyclic) bond motifs is 1. The second-order valence-corrected chi connectivity index (χ2v) is 9.01. The number of aromatic nitrogens is 1. The minimum Gasteiger partial charge on any atom is -0.298 e. The van der Waals surface area contributed by atoms with Crippen LogP contribution in [0.2, 0.25) is 0 Å². The molecule has 1 heterocycles. The zero-order chi connectivity index (χ0) is 17.9. The Kier molecular flexibility index (Phi) is 5.89. The summed E-state index contributed by atoms with van der Waals surface area (Å²) in [7, 11) is -3.50. The molecule has 0 saturated heterocycles. The lowest BCUT2D eigenvalue weighted by Crippen LogP contribution is -2.24. The third-order valence-corrected chi connectivity index (χ3v) is 6.97. The maximum Gasteiger partial charge on any atom is 0.240 e. The van der Waals surface area contributed by atoms with Crippen LogP contribution in [0, 0.1) is 0 Å². The predicted octanol–water partition coefficient (Wildman–Crippen LogP) is 2.95. The lowest BCUT2D eigenvalue weighted by Gasteiger charge is -2.15. The van der Waals surface area contributed by atoms with E-state index in [0.29, 0.717) is 4.90 Å². The maximum absolute atomic E-state index is 12.5. The summed E-state index contributed by atoms with van der Waals surface area (Å²) in [4.78, 5) is 7.19. The SMILES string of the molecule is CCN(CC)Cc1csc(CNS(=O)(=O)c2ccc3c(c2)CCC3)n1. The van der Waals surface area contributed by atoms with Crippen LogP contribution < -0.4 is 4.72 Å². The maximum atomic E-state index is 12.5. The number of benzene rings is 1. The lowest BCUT2D eigenvalue weighted by atomic mass is 10.1. The molecule has 0 bridgehead atoms. The van der Waals surface area contributed by atoms with Gasteiger partial charge in [0.15, 0.2) is 0 Å². The van der Waals surface area contributed by atoms with Gasteiger partial charge in [-0.3, -0.25) is 4.90 Å². The van der Waals surface area contributed by atoms with Crippen molar-refractivity contribution in [2.24, 2.45) is 0 Å². The largest absolute Gasteiger partial charge is 0.298 e. The fourth-order valence-corrected chi connectivity index (χ4v) is 4.99. The molecule has 0 atom stereocenters. The summed E-state index contributed by atoms with van der Waals surface area (Å²) in [5.41, 5.74) is 3.44. The minimum atomic E-state index is -3.50. The van der Waals surface area contributed by atoms with Gasteiger partial charge >= 0.3 is 0 Å². The number of rotatable bonds is 8. The van der Waals surface area contributed by atoms with Crippen molar-refractivity contribution in [1.82, 2.24) is 14.6 Å². The molecule has 5 nitrogen and oxygen atoms in total. The van der Waals surface area contributed by atoms with Crippen LogP contribution in [-0.4, -0.2) is 31.4 Å². The third kappa shape index (κ3) is 4.47. The zero-order valence-corrected chi connectivity index (χ0v) is 16.4. The van der Waals surface area contributed by atoms with E-state index in [2.05, 4.69) is 28.5 Å². The molecule has 3 rings (SSSR count). The van der Waals surface area contributed by atoms with Crippen LogP contribution in [-0.2, 0) is 36.0 Å². The summed E-state index contributed by atoms with van der Waals surface area (Å²) < 4.78 is 27.8. The summed E-state index contributed by atoms with van der Waals surface area (Å²) >= 11 is 1.50. The first-order valence-electron chi connectivity index (χ1n) is 8.79. The van der Waals surface area contributed by atoms with Gasteiger partial charge in [0.1, 0.15) is 5.01 Å². The van der Waals surface area contributed by atoms with Gasteiger partial charge in [0, 0.05) is 11.9 Å². The molecular weight excluding hydrogens is 354 g/mol. The molecule has 0 amide bonds. The Morgan fingerprint density at radius 3 is 2.72 bits per heavy atom. The van der Waals surface area contributed by atoms with E-state index in [9.17, 15) is 8.42 Å². The first-order valence-corrected chi connectivity index (χ1v) is 11.1. The summed E-state index contributed by atoms with van der Waals surface area (Å²) in [5.74, 6) is 0. The van der Waals surface area contributed by atoms with Crippen LogP contribution in [0.5, 0.6) is 0 Å². The van der Waals surface area contributed by atoms with Gasteiger partial charge in [-0.2, -0.15) is 0 Å². The first kappa shape index (κ1) is 18.5. The van der Waals surface area contributed by atoms with Crippen molar-refractivity contribution in [2.75, 3.05) is 13.1 Å². The van der Waals surface area contributed by atoms with E-state index in [4.69, 9.17) is 0 Å². The number of thiazole rings is 1. The number of hydrogen-bond donors (Lipinski definition) is 1. The molecule has 1 aromatic heterocycles. The van der Waals surface area contributed by atoms with Gasteiger partial charge < -0.3 is 0 Å². The smallest absolute Gasteiger partial charge is 0.240 e. The molecule has 0 radical (unpaired) electrons. The molecular formula is C18H25N3O2S2. The molecule has 1 aliphatic rings. The quantitative estimate of drug-likeness (QED) is 0.766. The van der Waals surface area contributed by atoms with E-state index in [-0.39, 0.29) is 6.54 Å². The number of aryl methyl sites for hydroxylation is 2. The highest BCUT2D eigenvalue weighted by Gasteiger charge is 2.18. The Bertz CT molecular complexity index is 827. The Morgan fingerprint density at radius 2 is 1.96 bits per heavy atom. The Balaban J connectivity index is 1.63. The molecule has 1 aliphatic carbocycles. The van der Waals surface area contributed by atoms with E-state index in [1.807, 2.05) is 17.5 Å². The number of sulfonamides is 1. The molecule has 0 saturated carbocycles. The minimum absolute atomic E-state index is 0.238. The molecule has 0 aliphatic heterocycles. The van der Waals surface area contributed by atoms with Gasteiger partial charge in [-0.05, 0) is 55.6 Å². The summed E-state index contributed by atoms with van der Waals surface area (Å²) in [5, 5.41) is 2.81. The van der Waals surface area contributed by atoms with Gasteiger partial charge in [0.2, 0.25) is 10.0 Å². The molecule has 1 N–H and O–H groups in total. The molecule has 25 heavy (non-hydrogen) atoms. The monoisotopic (exact) mass is 379 g/mol. The summed E-state index contributed by atoms with van der Waals surface area (Å²) in [6.45, 7) is 7.26. The second-order valence-electron chi connectivity index (χ2n) is 6.30. The topological polar surface area (TPSA) is 62.3 Å². The molecule has 0 fully saturated rings. The normalized spacial score (nSPS) is 14.2. The van der Waals surface area contributed by atoms with Crippen LogP contribution in [0.1, 0.15) is 42.1 Å². The van der Waals surface area contributed by atoms with Gasteiger partial charge in [-0.1, -0.05) is 19.9 Å². The molecule has 7 heteroatoms. The molecule has 2 aromatic rings. The predicted molar refractivity (Wildman–Crippen MR) is 101 cm³/mol. The van der Waals surface area contributed by atoms with E-state index >= 15 is 0 Å². The Hall–Kier alpha value is -1.28. The van der Waals surface area contributed by atoms with Crippen LogP contribution in [0.25, 0.3) is 0 Å². The zero-order valence-electron chi connectivity index (χ0n) is 14.8. The van der Waals surface area contributed by atoms with Crippen LogP contribution in [0.3, 0.4) is 0 Å². The van der Waals surface area contributed by atoms with E-state index < -0.39 is 10.0 Å². The fourth-order valence-electron chi connectivity index (χ4n) is 3.13. The van der Waals surface area contributed by atoms with Crippen molar-refractivity contribution in [3.8, 4) is 0 Å². The lowest BCUT2D eigenvalue weighted by molar-refractivity contribution is 0.292. The third-order valence-electron chi connectivity index (χ3n) is 4.67. The average Bonchev–Trinajstić information content (AvgIpc) is 3.26. The van der Waals surface area contributed by atoms with Crippen molar-refractivity contribution >= 4 is 21.4 Å². The average molecular weight is 380 g/mol. The second kappa shape index (κ2) is 7.95. The standard InChI is InChI=1S/C18H25N3O2S2/c1-3-21(4-2)12-16-13-24-18(20-16)11-19-25(22,23)17-9-8-14-6-5-7-15(14)10-17/h8-10,13,19H,3-7,11-12H2,1-2H3. The van der Waals surface area contributed by atoms with E-state index in [1.54, 1.807) is 6.07 Å². The van der Waals surface area contributed by atoms with Crippen molar-refractivity contribution in [3.63, 3.8) is 0 Å². The fraction of sp³-hybridized carbons (Fsp3) is 0.500. The van der Waals surface area contributed by atoms with Crippen molar-refractivity contribution in [3.05, 3.63) is 45.4 Å². The van der Waals surface area contributed by atoms with Gasteiger partial charge in [-0.15, -0.1) is 11.3 Å². The Labute approximate surface area is 154 Å². The van der Waals surface area contributed by atoms with Crippen LogP contribution in [0.15, 0.2) is 28.5 Å². The van der Waals surface area contributed by atoms with Gasteiger partial charge in [0.25, 0.3) is 0 Å². The highest BCUT2D eigenvalue weighted by Crippen LogP contribution is 2.24.